The van der Waals surface area contributed by atoms with Crippen LogP contribution in [0.4, 0.5) is 5.82 Å². The smallest absolute Gasteiger partial charge is 0.139 e. The first kappa shape index (κ1) is 15.3. The first-order valence-corrected chi connectivity index (χ1v) is 10.2. The van der Waals surface area contributed by atoms with E-state index in [1.54, 1.807) is 0 Å². The SMILES string of the molecule is Cc1nc(N[C@@H]2CCCc3ccccc32)c2c3c(sc2n1)CCCC3. The highest BCUT2D eigenvalue weighted by Crippen LogP contribution is 2.40. The van der Waals surface area contributed by atoms with Crippen molar-refractivity contribution in [2.24, 2.45) is 0 Å². The third kappa shape index (κ3) is 2.63. The van der Waals surface area contributed by atoms with Crippen LogP contribution in [0.2, 0.25) is 0 Å². The van der Waals surface area contributed by atoms with Gasteiger partial charge in [-0.25, -0.2) is 9.97 Å². The Morgan fingerprint density at radius 1 is 1.04 bits per heavy atom. The number of aromatic nitrogens is 2. The molecule has 1 N–H and O–H groups in total. The summed E-state index contributed by atoms with van der Waals surface area (Å²) in [6, 6.07) is 9.23. The number of nitrogens with zero attached hydrogens (tertiary/aromatic N) is 2. The van der Waals surface area contributed by atoms with E-state index in [0.29, 0.717) is 6.04 Å². The van der Waals surface area contributed by atoms with Crippen LogP contribution < -0.4 is 5.32 Å². The van der Waals surface area contributed by atoms with Gasteiger partial charge in [0, 0.05) is 4.88 Å². The van der Waals surface area contributed by atoms with Crippen molar-refractivity contribution in [3.05, 3.63) is 51.7 Å². The molecule has 1 atom stereocenters. The van der Waals surface area contributed by atoms with Crippen LogP contribution in [0.5, 0.6) is 0 Å². The van der Waals surface area contributed by atoms with Crippen molar-refractivity contribution in [1.29, 1.82) is 0 Å². The average molecular weight is 350 g/mol. The molecular weight excluding hydrogens is 326 g/mol. The lowest BCUT2D eigenvalue weighted by atomic mass is 9.87. The zero-order chi connectivity index (χ0) is 16.8. The van der Waals surface area contributed by atoms with Crippen LogP contribution in [0.1, 0.15) is 59.1 Å². The molecule has 0 unspecified atom stereocenters. The first-order chi connectivity index (χ1) is 12.3. The van der Waals surface area contributed by atoms with Crippen molar-refractivity contribution in [3.63, 3.8) is 0 Å². The molecule has 25 heavy (non-hydrogen) atoms. The fraction of sp³-hybridized carbons (Fsp3) is 0.429. The lowest BCUT2D eigenvalue weighted by Crippen LogP contribution is -2.18. The van der Waals surface area contributed by atoms with Crippen LogP contribution in [0.25, 0.3) is 10.2 Å². The molecule has 2 heterocycles. The van der Waals surface area contributed by atoms with Gasteiger partial charge in [0.05, 0.1) is 11.4 Å². The molecule has 2 aliphatic rings. The molecule has 5 rings (SSSR count). The molecule has 0 amide bonds. The van der Waals surface area contributed by atoms with Gasteiger partial charge in [-0.2, -0.15) is 0 Å². The Hall–Kier alpha value is -1.94. The number of hydrogen-bond acceptors (Lipinski definition) is 4. The summed E-state index contributed by atoms with van der Waals surface area (Å²) in [5.41, 5.74) is 4.45. The lowest BCUT2D eigenvalue weighted by molar-refractivity contribution is 0.599. The molecule has 128 valence electrons. The monoisotopic (exact) mass is 349 g/mol. The maximum Gasteiger partial charge on any atom is 0.139 e. The number of benzene rings is 1. The average Bonchev–Trinajstić information content (AvgIpc) is 3.00. The summed E-state index contributed by atoms with van der Waals surface area (Å²) in [5, 5.41) is 5.11. The standard InChI is InChI=1S/C21H23N3S/c1-13-22-20(19-16-10-4-5-12-18(16)25-21(19)23-13)24-17-11-6-8-14-7-2-3-9-15(14)17/h2-3,7,9,17H,4-6,8,10-12H2,1H3,(H,22,23,24)/t17-/m1/s1. The van der Waals surface area contributed by atoms with Gasteiger partial charge >= 0.3 is 0 Å². The van der Waals surface area contributed by atoms with Gasteiger partial charge in [-0.1, -0.05) is 24.3 Å². The molecule has 1 aromatic carbocycles. The van der Waals surface area contributed by atoms with E-state index in [-0.39, 0.29) is 0 Å². The van der Waals surface area contributed by atoms with Gasteiger partial charge in [0.15, 0.2) is 0 Å². The Morgan fingerprint density at radius 3 is 2.88 bits per heavy atom. The largest absolute Gasteiger partial charge is 0.363 e. The van der Waals surface area contributed by atoms with Gasteiger partial charge in [0.25, 0.3) is 0 Å². The molecule has 0 saturated heterocycles. The highest BCUT2D eigenvalue weighted by molar-refractivity contribution is 7.19. The van der Waals surface area contributed by atoms with E-state index in [9.17, 15) is 0 Å². The molecule has 0 fully saturated rings. The van der Waals surface area contributed by atoms with Gasteiger partial charge in [-0.15, -0.1) is 11.3 Å². The van der Waals surface area contributed by atoms with E-state index >= 15 is 0 Å². The number of fused-ring (bicyclic) bond motifs is 4. The second kappa shape index (κ2) is 6.10. The van der Waals surface area contributed by atoms with Crippen molar-refractivity contribution in [3.8, 4) is 0 Å². The van der Waals surface area contributed by atoms with E-state index in [2.05, 4.69) is 29.6 Å². The normalized spacial score (nSPS) is 19.5. The lowest BCUT2D eigenvalue weighted by Gasteiger charge is -2.27. The number of aryl methyl sites for hydroxylation is 4. The Balaban J connectivity index is 1.61. The summed E-state index contributed by atoms with van der Waals surface area (Å²) in [6.45, 7) is 2.01. The highest BCUT2D eigenvalue weighted by atomic mass is 32.1. The molecule has 2 aromatic heterocycles. The van der Waals surface area contributed by atoms with Crippen LogP contribution in [-0.2, 0) is 19.3 Å². The minimum atomic E-state index is 0.363. The van der Waals surface area contributed by atoms with E-state index in [0.717, 1.165) is 11.6 Å². The zero-order valence-electron chi connectivity index (χ0n) is 14.6. The molecule has 0 saturated carbocycles. The minimum Gasteiger partial charge on any atom is -0.363 e. The molecule has 0 radical (unpaired) electrons. The van der Waals surface area contributed by atoms with Gasteiger partial charge < -0.3 is 5.32 Å². The molecule has 0 spiro atoms. The van der Waals surface area contributed by atoms with Gasteiger partial charge in [-0.3, -0.25) is 0 Å². The quantitative estimate of drug-likeness (QED) is 0.676. The summed E-state index contributed by atoms with van der Waals surface area (Å²) in [7, 11) is 0. The number of nitrogens with one attached hydrogen (secondary N) is 1. The van der Waals surface area contributed by atoms with Gasteiger partial charge in [0.2, 0.25) is 0 Å². The van der Waals surface area contributed by atoms with Crippen LogP contribution in [-0.4, -0.2) is 9.97 Å². The fourth-order valence-electron chi connectivity index (χ4n) is 4.44. The van der Waals surface area contributed by atoms with Crippen molar-refractivity contribution in [1.82, 2.24) is 9.97 Å². The second-order valence-corrected chi connectivity index (χ2v) is 8.38. The number of anilines is 1. The molecule has 0 bridgehead atoms. The van der Waals surface area contributed by atoms with Crippen molar-refractivity contribution in [2.75, 3.05) is 5.32 Å². The second-order valence-electron chi connectivity index (χ2n) is 7.30. The first-order valence-electron chi connectivity index (χ1n) is 9.43. The Morgan fingerprint density at radius 2 is 1.92 bits per heavy atom. The van der Waals surface area contributed by atoms with Crippen LogP contribution in [0.15, 0.2) is 24.3 Å². The Bertz CT molecular complexity index is 944. The van der Waals surface area contributed by atoms with E-state index in [1.165, 1.54) is 76.7 Å². The third-order valence-electron chi connectivity index (χ3n) is 5.61. The summed E-state index contributed by atoms with van der Waals surface area (Å²) < 4.78 is 0. The summed E-state index contributed by atoms with van der Waals surface area (Å²) in [5.74, 6) is 1.93. The van der Waals surface area contributed by atoms with E-state index < -0.39 is 0 Å². The Labute approximate surface area is 152 Å². The van der Waals surface area contributed by atoms with Crippen molar-refractivity contribution in [2.45, 2.75) is 57.9 Å². The number of hydrogen-bond donors (Lipinski definition) is 1. The number of rotatable bonds is 2. The molecule has 3 nitrogen and oxygen atoms in total. The third-order valence-corrected chi connectivity index (χ3v) is 6.79. The van der Waals surface area contributed by atoms with Crippen molar-refractivity contribution >= 4 is 27.4 Å². The molecule has 0 aliphatic heterocycles. The maximum atomic E-state index is 4.83. The van der Waals surface area contributed by atoms with Crippen molar-refractivity contribution < 1.29 is 0 Å². The summed E-state index contributed by atoms with van der Waals surface area (Å²) >= 11 is 1.88. The summed E-state index contributed by atoms with van der Waals surface area (Å²) in [4.78, 5) is 12.3. The van der Waals surface area contributed by atoms with Gasteiger partial charge in [-0.05, 0) is 68.6 Å². The predicted octanol–water partition coefficient (Wildman–Crippen LogP) is 5.37. The molecule has 2 aliphatic carbocycles. The molecular formula is C21H23N3S. The van der Waals surface area contributed by atoms with Crippen LogP contribution >= 0.6 is 11.3 Å². The maximum absolute atomic E-state index is 4.83. The minimum absolute atomic E-state index is 0.363. The number of thiophene rings is 1. The highest BCUT2D eigenvalue weighted by Gasteiger charge is 2.24. The summed E-state index contributed by atoms with van der Waals surface area (Å²) in [6.07, 6.45) is 8.60. The Kier molecular flexibility index (Phi) is 3.74. The van der Waals surface area contributed by atoms with E-state index in [4.69, 9.17) is 9.97 Å². The molecule has 3 aromatic rings. The van der Waals surface area contributed by atoms with E-state index in [1.807, 2.05) is 18.3 Å². The van der Waals surface area contributed by atoms with Gasteiger partial charge in [0.1, 0.15) is 16.5 Å². The molecule has 4 heteroatoms. The predicted molar refractivity (Wildman–Crippen MR) is 105 cm³/mol. The van der Waals surface area contributed by atoms with Crippen LogP contribution in [0.3, 0.4) is 0 Å². The fourth-order valence-corrected chi connectivity index (χ4v) is 5.74. The topological polar surface area (TPSA) is 37.8 Å². The zero-order valence-corrected chi connectivity index (χ0v) is 15.5. The van der Waals surface area contributed by atoms with Crippen LogP contribution in [0, 0.1) is 6.92 Å².